The molecule has 1 fully saturated rings. The number of methoxy groups -OCH3 is 1. The van der Waals surface area contributed by atoms with Gasteiger partial charge in [0, 0.05) is 7.11 Å². The average Bonchev–Trinajstić information content (AvgIpc) is 2.52. The molecule has 0 spiro atoms. The maximum Gasteiger partial charge on any atom is 0.258 e. The van der Waals surface area contributed by atoms with E-state index in [4.69, 9.17) is 13.9 Å². The maximum atomic E-state index is 5.47. The third-order valence-electron chi connectivity index (χ3n) is 2.28. The number of hydrogen-bond donors (Lipinski definition) is 0. The van der Waals surface area contributed by atoms with Gasteiger partial charge in [-0.3, -0.25) is 0 Å². The van der Waals surface area contributed by atoms with Gasteiger partial charge in [-0.15, -0.1) is 0 Å². The topological polar surface area (TPSA) is 34.9 Å². The molecular formula is C9H12O3. The summed E-state index contributed by atoms with van der Waals surface area (Å²) in [7, 11) is 1.62. The van der Waals surface area contributed by atoms with Crippen LogP contribution in [0.15, 0.2) is 22.8 Å². The lowest BCUT2D eigenvalue weighted by Gasteiger charge is -2.08. The highest BCUT2D eigenvalue weighted by Gasteiger charge is 2.68. The summed E-state index contributed by atoms with van der Waals surface area (Å²) in [5.74, 6) is 0.0752. The van der Waals surface area contributed by atoms with Gasteiger partial charge in [0.15, 0.2) is 5.76 Å². The van der Waals surface area contributed by atoms with Gasteiger partial charge in [0.1, 0.15) is 5.60 Å². The Morgan fingerprint density at radius 1 is 1.42 bits per heavy atom. The second-order valence-corrected chi connectivity index (χ2v) is 3.41. The van der Waals surface area contributed by atoms with Gasteiger partial charge in [-0.1, -0.05) is 0 Å². The molecular weight excluding hydrogens is 156 g/mol. The highest BCUT2D eigenvalue weighted by molar-refractivity contribution is 5.19. The molecule has 1 aromatic heterocycles. The first kappa shape index (κ1) is 7.83. The first-order valence-corrected chi connectivity index (χ1v) is 3.92. The van der Waals surface area contributed by atoms with E-state index in [2.05, 4.69) is 0 Å². The summed E-state index contributed by atoms with van der Waals surface area (Å²) >= 11 is 0. The quantitative estimate of drug-likeness (QED) is 0.632. The van der Waals surface area contributed by atoms with Crippen molar-refractivity contribution in [1.82, 2.24) is 0 Å². The van der Waals surface area contributed by atoms with E-state index < -0.39 is 5.79 Å². The smallest absolute Gasteiger partial charge is 0.258 e. The number of rotatable bonds is 2. The van der Waals surface area contributed by atoms with Crippen LogP contribution < -0.4 is 0 Å². The molecule has 1 atom stereocenters. The van der Waals surface area contributed by atoms with E-state index in [1.54, 1.807) is 13.4 Å². The predicted molar refractivity (Wildman–Crippen MR) is 42.6 cm³/mol. The monoisotopic (exact) mass is 168 g/mol. The number of hydrogen-bond acceptors (Lipinski definition) is 3. The van der Waals surface area contributed by atoms with Gasteiger partial charge in [-0.05, 0) is 26.0 Å². The summed E-state index contributed by atoms with van der Waals surface area (Å²) in [4.78, 5) is 0. The van der Waals surface area contributed by atoms with Gasteiger partial charge < -0.3 is 13.9 Å². The second-order valence-electron chi connectivity index (χ2n) is 3.41. The van der Waals surface area contributed by atoms with Crippen molar-refractivity contribution in [3.8, 4) is 0 Å². The molecule has 0 saturated carbocycles. The van der Waals surface area contributed by atoms with Crippen LogP contribution in [0, 0.1) is 0 Å². The van der Waals surface area contributed by atoms with Gasteiger partial charge in [0.05, 0.1) is 6.26 Å². The van der Waals surface area contributed by atoms with Crippen LogP contribution in [0.5, 0.6) is 0 Å². The predicted octanol–water partition coefficient (Wildman–Crippen LogP) is 1.89. The molecule has 3 nitrogen and oxygen atoms in total. The molecule has 0 N–H and O–H groups in total. The largest absolute Gasteiger partial charge is 0.463 e. The van der Waals surface area contributed by atoms with Crippen molar-refractivity contribution in [3.63, 3.8) is 0 Å². The van der Waals surface area contributed by atoms with Crippen molar-refractivity contribution >= 4 is 0 Å². The summed E-state index contributed by atoms with van der Waals surface area (Å²) in [6, 6.07) is 3.69. The van der Waals surface area contributed by atoms with E-state index in [0.29, 0.717) is 0 Å². The standard InChI is InChI=1S/C9H12O3/c1-8(2)9(10-3,12-8)7-5-4-6-11-7/h4-6H,1-3H3/t9-/m1/s1. The third kappa shape index (κ3) is 0.778. The summed E-state index contributed by atoms with van der Waals surface area (Å²) < 4.78 is 16.0. The van der Waals surface area contributed by atoms with Crippen molar-refractivity contribution in [2.24, 2.45) is 0 Å². The fourth-order valence-corrected chi connectivity index (χ4v) is 1.53. The van der Waals surface area contributed by atoms with Gasteiger partial charge in [0.25, 0.3) is 5.79 Å². The SMILES string of the molecule is CO[C@]1(c2ccco2)OC1(C)C. The molecule has 3 heteroatoms. The Labute approximate surface area is 71.3 Å². The van der Waals surface area contributed by atoms with E-state index in [-0.39, 0.29) is 5.60 Å². The van der Waals surface area contributed by atoms with Gasteiger partial charge >= 0.3 is 0 Å². The average molecular weight is 168 g/mol. The van der Waals surface area contributed by atoms with Crippen molar-refractivity contribution < 1.29 is 13.9 Å². The lowest BCUT2D eigenvalue weighted by molar-refractivity contribution is -0.0310. The molecule has 0 aliphatic carbocycles. The Hall–Kier alpha value is -0.800. The number of ether oxygens (including phenoxy) is 2. The molecule has 0 aromatic carbocycles. The molecule has 0 radical (unpaired) electrons. The Morgan fingerprint density at radius 3 is 2.42 bits per heavy atom. The number of epoxide rings is 1. The van der Waals surface area contributed by atoms with Gasteiger partial charge in [-0.25, -0.2) is 0 Å². The lowest BCUT2D eigenvalue weighted by atomic mass is 10.1. The maximum absolute atomic E-state index is 5.47. The van der Waals surface area contributed by atoms with Crippen LogP contribution in [0.3, 0.4) is 0 Å². The minimum absolute atomic E-state index is 0.278. The first-order valence-electron chi connectivity index (χ1n) is 3.92. The fourth-order valence-electron chi connectivity index (χ4n) is 1.53. The molecule has 1 saturated heterocycles. The molecule has 0 amide bonds. The van der Waals surface area contributed by atoms with E-state index in [1.165, 1.54) is 0 Å². The fraction of sp³-hybridized carbons (Fsp3) is 0.556. The Kier molecular flexibility index (Phi) is 1.38. The molecule has 1 aliphatic rings. The van der Waals surface area contributed by atoms with Gasteiger partial charge in [0.2, 0.25) is 0 Å². The van der Waals surface area contributed by atoms with Crippen LogP contribution in [0.4, 0.5) is 0 Å². The molecule has 1 aliphatic heterocycles. The van der Waals surface area contributed by atoms with Crippen LogP contribution in [0.2, 0.25) is 0 Å². The molecule has 0 bridgehead atoms. The summed E-state index contributed by atoms with van der Waals surface area (Å²) in [5.41, 5.74) is -0.278. The Morgan fingerprint density at radius 2 is 2.08 bits per heavy atom. The summed E-state index contributed by atoms with van der Waals surface area (Å²) in [6.45, 7) is 3.94. The Balaban J connectivity index is 2.34. The zero-order chi connectivity index (χ0) is 8.82. The van der Waals surface area contributed by atoms with E-state index >= 15 is 0 Å². The van der Waals surface area contributed by atoms with Crippen molar-refractivity contribution in [2.75, 3.05) is 7.11 Å². The van der Waals surface area contributed by atoms with E-state index in [9.17, 15) is 0 Å². The lowest BCUT2D eigenvalue weighted by Crippen LogP contribution is -2.19. The van der Waals surface area contributed by atoms with Gasteiger partial charge in [-0.2, -0.15) is 0 Å². The highest BCUT2D eigenvalue weighted by atomic mass is 16.8. The van der Waals surface area contributed by atoms with Crippen LogP contribution >= 0.6 is 0 Å². The van der Waals surface area contributed by atoms with Crippen molar-refractivity contribution in [1.29, 1.82) is 0 Å². The molecule has 12 heavy (non-hydrogen) atoms. The molecule has 0 unspecified atom stereocenters. The normalized spacial score (nSPS) is 31.9. The zero-order valence-corrected chi connectivity index (χ0v) is 7.46. The molecule has 2 heterocycles. The minimum Gasteiger partial charge on any atom is -0.463 e. The highest BCUT2D eigenvalue weighted by Crippen LogP contribution is 2.55. The van der Waals surface area contributed by atoms with E-state index in [1.807, 2.05) is 26.0 Å². The minimum atomic E-state index is -0.656. The van der Waals surface area contributed by atoms with Crippen LogP contribution in [-0.2, 0) is 15.3 Å². The van der Waals surface area contributed by atoms with Crippen LogP contribution in [-0.4, -0.2) is 12.7 Å². The second kappa shape index (κ2) is 2.12. The van der Waals surface area contributed by atoms with Crippen LogP contribution in [0.25, 0.3) is 0 Å². The zero-order valence-electron chi connectivity index (χ0n) is 7.46. The number of furan rings is 1. The van der Waals surface area contributed by atoms with Crippen molar-refractivity contribution in [2.45, 2.75) is 25.2 Å². The first-order chi connectivity index (χ1) is 5.62. The van der Waals surface area contributed by atoms with Crippen LogP contribution in [0.1, 0.15) is 19.6 Å². The van der Waals surface area contributed by atoms with Crippen molar-refractivity contribution in [3.05, 3.63) is 24.2 Å². The summed E-state index contributed by atoms with van der Waals surface area (Å²) in [6.07, 6.45) is 1.62. The Bertz CT molecular complexity index is 276. The third-order valence-corrected chi connectivity index (χ3v) is 2.28. The molecule has 1 aromatic rings. The van der Waals surface area contributed by atoms with E-state index in [0.717, 1.165) is 5.76 Å². The summed E-state index contributed by atoms with van der Waals surface area (Å²) in [5, 5.41) is 0. The molecule has 2 rings (SSSR count). The molecule has 66 valence electrons.